The Labute approximate surface area is 279 Å². The van der Waals surface area contributed by atoms with E-state index in [4.69, 9.17) is 0 Å². The molecule has 7 heteroatoms. The van der Waals surface area contributed by atoms with Gasteiger partial charge >= 0.3 is 19.5 Å². The molecule has 0 aliphatic carbocycles. The van der Waals surface area contributed by atoms with Gasteiger partial charge in [0.1, 0.15) is 0 Å². The average Bonchev–Trinajstić information content (AvgIpc) is 2.95. The number of unbranched alkanes of at least 4 members (excludes halogenated alkanes) is 20. The zero-order chi connectivity index (χ0) is 31.5. The van der Waals surface area contributed by atoms with Crippen LogP contribution in [0.5, 0.6) is 0 Å². The Morgan fingerprint density at radius 3 is 0.860 bits per heavy atom. The van der Waals surface area contributed by atoms with Crippen molar-refractivity contribution in [1.82, 2.24) is 0 Å². The van der Waals surface area contributed by atoms with Crippen molar-refractivity contribution in [2.75, 3.05) is 0 Å². The summed E-state index contributed by atoms with van der Waals surface area (Å²) in [7, 11) is 0. The maximum absolute atomic E-state index is 10.2. The van der Waals surface area contributed by atoms with Crippen LogP contribution in [0.1, 0.15) is 206 Å². The van der Waals surface area contributed by atoms with Crippen LogP contribution in [-0.4, -0.2) is 34.4 Å². The minimum absolute atomic E-state index is 0. The van der Waals surface area contributed by atoms with Crippen molar-refractivity contribution in [1.29, 1.82) is 0 Å². The summed E-state index contributed by atoms with van der Waals surface area (Å²) in [5.74, 6) is -1.87. The van der Waals surface area contributed by atoms with Crippen molar-refractivity contribution >= 4 is 11.9 Å². The molecule has 2 atom stereocenters. The largest absolute Gasteiger partial charge is 2.00 e. The number of aliphatic carboxylic acids is 2. The van der Waals surface area contributed by atoms with E-state index in [1.165, 1.54) is 64.2 Å². The van der Waals surface area contributed by atoms with Gasteiger partial charge in [-0.05, 0) is 51.4 Å². The van der Waals surface area contributed by atoms with Gasteiger partial charge in [-0.3, -0.25) is 0 Å². The van der Waals surface area contributed by atoms with Gasteiger partial charge in [0, 0.05) is 11.9 Å². The molecule has 0 amide bonds. The predicted octanol–water partition coefficient (Wildman–Crippen LogP) is 7.93. The molecular formula is C36H70O6Zn. The fourth-order valence-electron chi connectivity index (χ4n) is 5.32. The number of rotatable bonds is 32. The molecule has 2 unspecified atom stereocenters. The SMILES string of the molecule is CCCCCCCCC(O)CCCCCCCCC(=O)[O-].CCCCCCCCC(O)CCCCCCCCC(=O)[O-].[Zn+2]. The van der Waals surface area contributed by atoms with Crippen LogP contribution in [0.4, 0.5) is 0 Å². The molecule has 0 saturated carbocycles. The van der Waals surface area contributed by atoms with E-state index in [0.717, 1.165) is 116 Å². The molecule has 0 radical (unpaired) electrons. The molecule has 0 bridgehead atoms. The summed E-state index contributed by atoms with van der Waals surface area (Å²) in [4.78, 5) is 20.5. The molecule has 0 heterocycles. The van der Waals surface area contributed by atoms with Crippen LogP contribution >= 0.6 is 0 Å². The Hall–Kier alpha value is -0.517. The Morgan fingerprint density at radius 1 is 0.419 bits per heavy atom. The van der Waals surface area contributed by atoms with E-state index >= 15 is 0 Å². The second-order valence-electron chi connectivity index (χ2n) is 12.5. The van der Waals surface area contributed by atoms with E-state index in [9.17, 15) is 30.0 Å². The van der Waals surface area contributed by atoms with Gasteiger partial charge in [0.05, 0.1) is 12.2 Å². The van der Waals surface area contributed by atoms with Gasteiger partial charge in [-0.1, -0.05) is 155 Å². The molecule has 0 aliphatic heterocycles. The van der Waals surface area contributed by atoms with Crippen molar-refractivity contribution < 1.29 is 49.5 Å². The third-order valence-corrected chi connectivity index (χ3v) is 8.12. The van der Waals surface area contributed by atoms with Gasteiger partial charge in [0.25, 0.3) is 0 Å². The zero-order valence-corrected chi connectivity index (χ0v) is 31.6. The number of carbonyl (C=O) groups is 2. The van der Waals surface area contributed by atoms with E-state index < -0.39 is 11.9 Å². The number of aliphatic hydroxyl groups is 2. The van der Waals surface area contributed by atoms with Crippen LogP contribution in [0.2, 0.25) is 0 Å². The van der Waals surface area contributed by atoms with E-state index in [-0.39, 0.29) is 44.5 Å². The Bertz CT molecular complexity index is 512. The first-order valence-electron chi connectivity index (χ1n) is 18.1. The first-order chi connectivity index (χ1) is 20.3. The molecule has 0 aromatic rings. The van der Waals surface area contributed by atoms with Gasteiger partial charge in [-0.2, -0.15) is 0 Å². The molecule has 0 aliphatic rings. The minimum Gasteiger partial charge on any atom is -0.550 e. The topological polar surface area (TPSA) is 121 Å². The minimum atomic E-state index is -0.937. The van der Waals surface area contributed by atoms with Crippen molar-refractivity contribution in [2.24, 2.45) is 0 Å². The van der Waals surface area contributed by atoms with Crippen LogP contribution < -0.4 is 10.2 Å². The monoisotopic (exact) mass is 662 g/mol. The summed E-state index contributed by atoms with van der Waals surface area (Å²) >= 11 is 0. The van der Waals surface area contributed by atoms with E-state index in [0.29, 0.717) is 0 Å². The van der Waals surface area contributed by atoms with Gasteiger partial charge in [-0.25, -0.2) is 0 Å². The van der Waals surface area contributed by atoms with Crippen LogP contribution in [0.25, 0.3) is 0 Å². The maximum atomic E-state index is 10.2. The molecule has 6 nitrogen and oxygen atoms in total. The molecule has 0 aromatic heterocycles. The molecule has 252 valence electrons. The molecule has 2 N–H and O–H groups in total. The van der Waals surface area contributed by atoms with Crippen molar-refractivity contribution in [2.45, 2.75) is 219 Å². The molecule has 0 aromatic carbocycles. The third-order valence-electron chi connectivity index (χ3n) is 8.12. The van der Waals surface area contributed by atoms with Crippen LogP contribution in [-0.2, 0) is 29.1 Å². The standard InChI is InChI=1S/2C18H36O3.Zn/c2*1-2-3-4-5-8-11-14-17(19)15-12-9-6-7-10-13-16-18(20)21;/h2*17,19H,2-16H2,1H3,(H,20,21);/q;;+2/p-2. The number of carbonyl (C=O) groups excluding carboxylic acids is 2. The summed E-state index contributed by atoms with van der Waals surface area (Å²) in [5.41, 5.74) is 0. The number of hydrogen-bond acceptors (Lipinski definition) is 6. The second-order valence-corrected chi connectivity index (χ2v) is 12.5. The van der Waals surface area contributed by atoms with E-state index in [2.05, 4.69) is 13.8 Å². The summed E-state index contributed by atoms with van der Waals surface area (Å²) in [6.07, 6.45) is 31.7. The van der Waals surface area contributed by atoms with Crippen LogP contribution in [0.15, 0.2) is 0 Å². The van der Waals surface area contributed by atoms with E-state index in [1.807, 2.05) is 0 Å². The predicted molar refractivity (Wildman–Crippen MR) is 172 cm³/mol. The molecule has 0 fully saturated rings. The fourth-order valence-corrected chi connectivity index (χ4v) is 5.32. The third kappa shape index (κ3) is 46.0. The molecule has 0 saturated heterocycles. The molecular weight excluding hydrogens is 594 g/mol. The fraction of sp³-hybridized carbons (Fsp3) is 0.944. The van der Waals surface area contributed by atoms with Crippen molar-refractivity contribution in [3.8, 4) is 0 Å². The second kappa shape index (κ2) is 39.5. The van der Waals surface area contributed by atoms with Gasteiger partial charge < -0.3 is 30.0 Å². The summed E-state index contributed by atoms with van der Waals surface area (Å²) < 4.78 is 0. The molecule has 0 spiro atoms. The molecule has 0 rings (SSSR count). The first-order valence-corrected chi connectivity index (χ1v) is 18.1. The number of carboxylic acids is 2. The van der Waals surface area contributed by atoms with Crippen LogP contribution in [0, 0.1) is 0 Å². The van der Waals surface area contributed by atoms with Gasteiger partial charge in [-0.15, -0.1) is 0 Å². The summed E-state index contributed by atoms with van der Waals surface area (Å²) in [6, 6.07) is 0. The summed E-state index contributed by atoms with van der Waals surface area (Å²) in [5, 5.41) is 40.2. The number of carboxylic acid groups (broad SMARTS) is 2. The normalized spacial score (nSPS) is 12.2. The van der Waals surface area contributed by atoms with E-state index in [1.54, 1.807) is 0 Å². The Kier molecular flexibility index (Phi) is 43.1. The Morgan fingerprint density at radius 2 is 0.628 bits per heavy atom. The molecule has 43 heavy (non-hydrogen) atoms. The quantitative estimate of drug-likeness (QED) is 0.0557. The smallest absolute Gasteiger partial charge is 0.550 e. The number of aliphatic hydroxyl groups excluding tert-OH is 2. The van der Waals surface area contributed by atoms with Gasteiger partial charge in [0.2, 0.25) is 0 Å². The van der Waals surface area contributed by atoms with Crippen molar-refractivity contribution in [3.63, 3.8) is 0 Å². The van der Waals surface area contributed by atoms with Crippen molar-refractivity contribution in [3.05, 3.63) is 0 Å². The maximum Gasteiger partial charge on any atom is 2.00 e. The van der Waals surface area contributed by atoms with Crippen LogP contribution in [0.3, 0.4) is 0 Å². The number of hydrogen-bond donors (Lipinski definition) is 2. The summed E-state index contributed by atoms with van der Waals surface area (Å²) in [6.45, 7) is 4.46. The zero-order valence-electron chi connectivity index (χ0n) is 28.6. The average molecular weight is 664 g/mol. The Balaban J connectivity index is -0.000000727. The van der Waals surface area contributed by atoms with Gasteiger partial charge in [0.15, 0.2) is 0 Å². The first kappa shape index (κ1) is 46.9.